The molecule has 0 radical (unpaired) electrons. The van der Waals surface area contributed by atoms with Gasteiger partial charge in [0.1, 0.15) is 0 Å². The van der Waals surface area contributed by atoms with E-state index in [1.54, 1.807) is 0 Å². The highest BCUT2D eigenvalue weighted by Crippen LogP contribution is 2.30. The van der Waals surface area contributed by atoms with Gasteiger partial charge in [0, 0.05) is 6.54 Å². The van der Waals surface area contributed by atoms with E-state index in [0.29, 0.717) is 0 Å². The van der Waals surface area contributed by atoms with Gasteiger partial charge in [0.25, 0.3) is 0 Å². The van der Waals surface area contributed by atoms with Crippen molar-refractivity contribution >= 4 is 0 Å². The average Bonchev–Trinajstić information content (AvgIpc) is 4.21. The van der Waals surface area contributed by atoms with E-state index >= 15 is 0 Å². The van der Waals surface area contributed by atoms with Crippen LogP contribution >= 0.6 is 0 Å². The fourth-order valence-electron chi connectivity index (χ4n) is 11.0. The summed E-state index contributed by atoms with van der Waals surface area (Å²) in [4.78, 5) is 10.1. The highest BCUT2D eigenvalue weighted by atomic mass is 15.1. The minimum absolute atomic E-state index is 0. The average molecular weight is 1130 g/mol. The Morgan fingerprint density at radius 2 is 0.519 bits per heavy atom. The molecule has 0 aromatic heterocycles. The SMILES string of the molecule is C.CC.CC.CC.CC.CC.CC.CC(C)CCC1CCCC1.CC(C)CCC1CCCCC1.CC(C)CCC1CCCN(C)C1.CC(C)CCC1CCN(C)CC1.CC(C)CCN1CCCC1.CC(C)CCN1CCCCC1. The van der Waals surface area contributed by atoms with E-state index in [1.807, 2.05) is 83.1 Å². The van der Waals surface area contributed by atoms with Gasteiger partial charge in [0.2, 0.25) is 0 Å². The molecule has 2 aliphatic carbocycles. The smallest absolute Gasteiger partial charge is 0.000662 e. The Morgan fingerprint density at radius 1 is 0.266 bits per heavy atom. The van der Waals surface area contributed by atoms with Gasteiger partial charge in [-0.05, 0) is 203 Å². The molecule has 0 aromatic carbocycles. The van der Waals surface area contributed by atoms with Crippen molar-refractivity contribution in [2.24, 2.45) is 59.2 Å². The molecule has 1 unspecified atom stereocenters. The zero-order valence-electron chi connectivity index (χ0n) is 60.4. The van der Waals surface area contributed by atoms with Crippen LogP contribution in [0.2, 0.25) is 0 Å². The lowest BCUT2D eigenvalue weighted by atomic mass is 9.85. The summed E-state index contributed by atoms with van der Waals surface area (Å²) in [6.45, 7) is 65.2. The molecule has 4 nitrogen and oxygen atoms in total. The van der Waals surface area contributed by atoms with E-state index in [2.05, 4.69) is 117 Å². The second-order valence-corrected chi connectivity index (χ2v) is 25.9. The monoisotopic (exact) mass is 1130 g/mol. The summed E-state index contributed by atoms with van der Waals surface area (Å²) >= 11 is 0. The van der Waals surface area contributed by atoms with Crippen LogP contribution in [-0.4, -0.2) is 99.1 Å². The van der Waals surface area contributed by atoms with Gasteiger partial charge < -0.3 is 19.6 Å². The maximum absolute atomic E-state index is 2.61. The largest absolute Gasteiger partial charge is 0.306 e. The quantitative estimate of drug-likeness (QED) is 0.136. The van der Waals surface area contributed by atoms with Crippen LogP contribution in [0.1, 0.15) is 353 Å². The third kappa shape index (κ3) is 70.2. The Balaban J connectivity index is -0.000000151. The Hall–Kier alpha value is -0.160. The summed E-state index contributed by atoms with van der Waals surface area (Å²) in [5.41, 5.74) is 0. The van der Waals surface area contributed by atoms with Crippen LogP contribution in [0.4, 0.5) is 0 Å². The lowest BCUT2D eigenvalue weighted by Gasteiger charge is -2.29. The van der Waals surface area contributed by atoms with Crippen molar-refractivity contribution < 1.29 is 0 Å². The van der Waals surface area contributed by atoms with E-state index in [-0.39, 0.29) is 7.43 Å². The first-order chi connectivity index (χ1) is 37.5. The van der Waals surface area contributed by atoms with Crippen molar-refractivity contribution in [2.45, 2.75) is 353 Å². The standard InChI is InChI=1S/2C11H23N.C11H22.C10H21N.C10H20.C9H19N.6C2H6.CH4/c1-10(2)4-5-11-6-8-12(3)9-7-11;1-10(2)6-7-11-5-4-8-12(3)9-11;1-10(2)8-9-11-6-4-3-5-7-11;1-10(2)6-9-11-7-4-3-5-8-11;1-9(2)7-8-10-5-3-4-6-10;1-9(2)5-8-10-6-3-4-7-10;6*1-2;/h2*10-11H,4-9H2,1-3H3;10-11H,3-9H2,1-2H3;10H,3-9H2,1-2H3;9-10H,3-8H2,1-2H3;9H,3-8H2,1-2H3;6*1-2H3;1H4. The van der Waals surface area contributed by atoms with Crippen molar-refractivity contribution in [1.82, 2.24) is 19.6 Å². The van der Waals surface area contributed by atoms with E-state index in [0.717, 1.165) is 59.2 Å². The Kier molecular flexibility index (Phi) is 84.5. The van der Waals surface area contributed by atoms with Crippen molar-refractivity contribution in [3.63, 3.8) is 0 Å². The predicted molar refractivity (Wildman–Crippen MR) is 375 cm³/mol. The van der Waals surface area contributed by atoms with Crippen LogP contribution in [0.5, 0.6) is 0 Å². The maximum atomic E-state index is 2.61. The summed E-state index contributed by atoms with van der Waals surface area (Å²) in [6.07, 6.45) is 40.9. The minimum Gasteiger partial charge on any atom is -0.306 e. The van der Waals surface area contributed by atoms with Gasteiger partial charge in [-0.3, -0.25) is 0 Å². The van der Waals surface area contributed by atoms with Crippen LogP contribution in [0.15, 0.2) is 0 Å². The molecule has 4 saturated heterocycles. The van der Waals surface area contributed by atoms with E-state index in [9.17, 15) is 0 Å². The van der Waals surface area contributed by atoms with E-state index < -0.39 is 0 Å². The molecule has 488 valence electrons. The highest BCUT2D eigenvalue weighted by Gasteiger charge is 2.19. The summed E-state index contributed by atoms with van der Waals surface area (Å²) in [7, 11) is 4.49. The van der Waals surface area contributed by atoms with Crippen molar-refractivity contribution in [3.8, 4) is 0 Å². The third-order valence-electron chi connectivity index (χ3n) is 16.1. The maximum Gasteiger partial charge on any atom is 0.000662 e. The predicted octanol–water partition coefficient (Wildman–Crippen LogP) is 24.6. The number of hydrogen-bond donors (Lipinski definition) is 0. The van der Waals surface area contributed by atoms with E-state index in [1.165, 1.54) is 245 Å². The lowest BCUT2D eigenvalue weighted by Crippen LogP contribution is -2.32. The zero-order valence-corrected chi connectivity index (χ0v) is 60.4. The molecular weight excluding hydrogens is 957 g/mol. The van der Waals surface area contributed by atoms with Gasteiger partial charge >= 0.3 is 0 Å². The summed E-state index contributed by atoms with van der Waals surface area (Å²) < 4.78 is 0. The van der Waals surface area contributed by atoms with Crippen LogP contribution in [0.3, 0.4) is 0 Å². The van der Waals surface area contributed by atoms with Crippen molar-refractivity contribution in [1.29, 1.82) is 0 Å². The molecule has 4 heterocycles. The van der Waals surface area contributed by atoms with Gasteiger partial charge in [0.15, 0.2) is 0 Å². The first-order valence-electron chi connectivity index (χ1n) is 36.3. The highest BCUT2D eigenvalue weighted by molar-refractivity contribution is 4.73. The molecule has 4 aliphatic heterocycles. The molecule has 0 spiro atoms. The van der Waals surface area contributed by atoms with Crippen molar-refractivity contribution in [3.05, 3.63) is 0 Å². The molecule has 4 heteroatoms. The molecule has 2 saturated carbocycles. The number of nitrogens with zero attached hydrogens (tertiary/aromatic N) is 4. The summed E-state index contributed by atoms with van der Waals surface area (Å²) in [5, 5.41) is 0. The van der Waals surface area contributed by atoms with E-state index in [4.69, 9.17) is 0 Å². The first kappa shape index (κ1) is 92.6. The fraction of sp³-hybridized carbons (Fsp3) is 1.00. The molecule has 0 aromatic rings. The van der Waals surface area contributed by atoms with Crippen molar-refractivity contribution in [2.75, 3.05) is 79.5 Å². The Labute approximate surface area is 509 Å². The summed E-state index contributed by atoms with van der Waals surface area (Å²) in [6, 6.07) is 0. The number of hydrogen-bond acceptors (Lipinski definition) is 4. The zero-order chi connectivity index (χ0) is 61.0. The Morgan fingerprint density at radius 3 is 0.823 bits per heavy atom. The number of rotatable bonds is 18. The molecule has 6 fully saturated rings. The molecule has 6 aliphatic rings. The summed E-state index contributed by atoms with van der Waals surface area (Å²) in [5.74, 6) is 9.57. The minimum atomic E-state index is 0. The van der Waals surface area contributed by atoms with Crippen LogP contribution in [0.25, 0.3) is 0 Å². The lowest BCUT2D eigenvalue weighted by molar-refractivity contribution is 0.196. The normalized spacial score (nSPS) is 18.9. The van der Waals surface area contributed by atoms with Gasteiger partial charge in [-0.1, -0.05) is 283 Å². The second kappa shape index (κ2) is 72.1. The third-order valence-corrected chi connectivity index (χ3v) is 16.1. The molecule has 0 bridgehead atoms. The fourth-order valence-corrected chi connectivity index (χ4v) is 11.0. The van der Waals surface area contributed by atoms with Gasteiger partial charge in [-0.15, -0.1) is 0 Å². The van der Waals surface area contributed by atoms with Gasteiger partial charge in [-0.25, -0.2) is 0 Å². The molecular formula is C75H168N4. The number of likely N-dealkylation sites (tertiary alicyclic amines) is 4. The molecule has 6 rings (SSSR count). The molecule has 0 amide bonds. The van der Waals surface area contributed by atoms with Crippen LogP contribution in [0, 0.1) is 59.2 Å². The molecule has 1 atom stereocenters. The van der Waals surface area contributed by atoms with Crippen LogP contribution in [-0.2, 0) is 0 Å². The topological polar surface area (TPSA) is 13.0 Å². The molecule has 0 N–H and O–H groups in total. The Bertz CT molecular complexity index is 940. The van der Waals surface area contributed by atoms with Gasteiger partial charge in [0.05, 0.1) is 0 Å². The van der Waals surface area contributed by atoms with Gasteiger partial charge in [-0.2, -0.15) is 0 Å². The molecule has 79 heavy (non-hydrogen) atoms. The number of piperidine rings is 3. The first-order valence-corrected chi connectivity index (χ1v) is 36.3. The van der Waals surface area contributed by atoms with Crippen LogP contribution < -0.4 is 0 Å². The second-order valence-electron chi connectivity index (χ2n) is 25.9.